The Labute approximate surface area is 409 Å². The third-order valence-corrected chi connectivity index (χ3v) is 14.3. The number of aromatic nitrogens is 4. The molecule has 71 heavy (non-hydrogen) atoms. The number of carbonyl (C=O) groups excluding carboxylic acids is 1. The van der Waals surface area contributed by atoms with Crippen LogP contribution in [-0.4, -0.2) is 126 Å². The van der Waals surface area contributed by atoms with Gasteiger partial charge in [0.05, 0.1) is 39.6 Å². The van der Waals surface area contributed by atoms with E-state index in [2.05, 4.69) is 73.4 Å². The predicted octanol–water partition coefficient (Wildman–Crippen LogP) is 2.29. The average molecular weight is 1030 g/mol. The number of hydrogen-bond donors (Lipinski definition) is 8. The molecule has 0 aliphatic carbocycles. The lowest BCUT2D eigenvalue weighted by Gasteiger charge is -2.43. The molecule has 0 radical (unpaired) electrons. The Bertz CT molecular complexity index is 3180. The number of aliphatic hydroxyl groups is 2. The predicted molar refractivity (Wildman–Crippen MR) is 263 cm³/mol. The minimum atomic E-state index is -4.92. The van der Waals surface area contributed by atoms with Crippen LogP contribution in [0.15, 0.2) is 46.2 Å². The largest absolute Gasteiger partial charge is 0.748 e. The Kier molecular flexibility index (Phi) is 14.4. The van der Waals surface area contributed by atoms with Crippen LogP contribution in [0.4, 0.5) is 23.3 Å². The molecule has 2 aromatic heterocycles. The number of phosphoric ester groups is 1. The molecule has 0 spiro atoms. The number of imidazole rings is 1. The first-order valence-electron chi connectivity index (χ1n) is 23.5. The molecule has 0 unspecified atom stereocenters. The van der Waals surface area contributed by atoms with Crippen molar-refractivity contribution in [2.24, 2.45) is 4.99 Å². The Hall–Kier alpha value is -5.56. The molecule has 23 nitrogen and oxygen atoms in total. The van der Waals surface area contributed by atoms with Crippen LogP contribution in [0.5, 0.6) is 11.5 Å². The van der Waals surface area contributed by atoms with E-state index in [1.165, 1.54) is 4.57 Å². The zero-order valence-electron chi connectivity index (χ0n) is 40.3. The fourth-order valence-corrected chi connectivity index (χ4v) is 11.0. The van der Waals surface area contributed by atoms with E-state index < -0.39 is 65.9 Å². The van der Waals surface area contributed by atoms with Crippen molar-refractivity contribution >= 4 is 69.4 Å². The van der Waals surface area contributed by atoms with Gasteiger partial charge in [-0.3, -0.25) is 23.7 Å². The topological polar surface area (TPSA) is 332 Å². The molecule has 9 N–H and O–H groups in total. The maximum atomic E-state index is 13.1. The van der Waals surface area contributed by atoms with E-state index in [0.29, 0.717) is 77.9 Å². The number of H-pyrrole nitrogens is 1. The zero-order chi connectivity index (χ0) is 51.4. The minimum Gasteiger partial charge on any atom is -0.748 e. The first-order chi connectivity index (χ1) is 33.3. The zero-order valence-corrected chi connectivity index (χ0v) is 42.0. The van der Waals surface area contributed by atoms with E-state index in [1.807, 2.05) is 32.0 Å². The number of anilines is 3. The number of fused-ring (bicyclic) bond motifs is 5. The van der Waals surface area contributed by atoms with Gasteiger partial charge in [-0.25, -0.2) is 27.5 Å². The highest BCUT2D eigenvalue weighted by Crippen LogP contribution is 2.46. The molecule has 4 aromatic rings. The van der Waals surface area contributed by atoms with Gasteiger partial charge in [0.1, 0.15) is 35.9 Å². The number of carbonyl (C=O) groups is 1. The van der Waals surface area contributed by atoms with E-state index in [-0.39, 0.29) is 40.9 Å². The van der Waals surface area contributed by atoms with Gasteiger partial charge in [-0.2, -0.15) is 4.98 Å². The number of aliphatic hydroxyl groups excluding tert-OH is 2. The molecule has 0 saturated carbocycles. The summed E-state index contributed by atoms with van der Waals surface area (Å²) in [6.45, 7) is 13.7. The lowest BCUT2D eigenvalue weighted by atomic mass is 9.88. The highest BCUT2D eigenvalue weighted by molar-refractivity contribution is 7.86. The summed E-state index contributed by atoms with van der Waals surface area (Å²) in [6.07, 6.45) is 1.59. The number of hydrogen-bond acceptors (Lipinski definition) is 17. The van der Waals surface area contributed by atoms with E-state index in [1.54, 1.807) is 12.1 Å². The summed E-state index contributed by atoms with van der Waals surface area (Å²) in [6, 6.07) is 7.67. The molecule has 1 saturated heterocycles. The van der Waals surface area contributed by atoms with Gasteiger partial charge in [0.15, 0.2) is 34.4 Å². The third-order valence-electron chi connectivity index (χ3n) is 13.2. The second-order valence-corrected chi connectivity index (χ2v) is 22.0. The molecule has 1 fully saturated rings. The number of nitrogens with one attached hydrogen (secondary N) is 3. The molecule has 0 bridgehead atoms. The van der Waals surface area contributed by atoms with Gasteiger partial charge in [0.2, 0.25) is 23.2 Å². The molecule has 2 aromatic carbocycles. The normalized spacial score (nSPS) is 21.1. The van der Waals surface area contributed by atoms with E-state index >= 15 is 0 Å². The number of ether oxygens (including phenoxy) is 2. The monoisotopic (exact) mass is 1020 g/mol. The Morgan fingerprint density at radius 2 is 1.75 bits per heavy atom. The van der Waals surface area contributed by atoms with Gasteiger partial charge >= 0.3 is 7.82 Å². The van der Waals surface area contributed by atoms with Crippen LogP contribution in [0.2, 0.25) is 0 Å². The van der Waals surface area contributed by atoms with Crippen LogP contribution in [0, 0.1) is 0 Å². The van der Waals surface area contributed by atoms with Crippen molar-refractivity contribution in [2.75, 3.05) is 54.5 Å². The number of rotatable bonds is 19. The number of phosphoric acid groups is 1. The second kappa shape index (κ2) is 19.8. The molecule has 6 heterocycles. The number of unbranched alkanes of at least 4 members (excludes halogenated alkanes) is 3. The lowest BCUT2D eigenvalue weighted by Crippen LogP contribution is -2.50. The first-order valence-corrected chi connectivity index (χ1v) is 26.6. The van der Waals surface area contributed by atoms with Crippen LogP contribution < -0.4 is 46.9 Å². The van der Waals surface area contributed by atoms with Gasteiger partial charge < -0.3 is 55.3 Å². The fourth-order valence-electron chi connectivity index (χ4n) is 10.0. The minimum absolute atomic E-state index is 0.0591. The first kappa shape index (κ1) is 51.8. The number of likely N-dealkylation sites (N-methyl/N-ethyl adjacent to an activating group) is 1. The lowest BCUT2D eigenvalue weighted by molar-refractivity contribution is -0.121. The van der Waals surface area contributed by atoms with Crippen molar-refractivity contribution < 1.29 is 56.3 Å². The maximum Gasteiger partial charge on any atom is 0.469 e. The molecular weight excluding hydrogens is 964 g/mol. The summed E-state index contributed by atoms with van der Waals surface area (Å²) in [5, 5.41) is 28.8. The Morgan fingerprint density at radius 3 is 2.45 bits per heavy atom. The second-order valence-electron chi connectivity index (χ2n) is 19.3. The van der Waals surface area contributed by atoms with Crippen molar-refractivity contribution in [1.82, 2.24) is 29.4 Å². The molecule has 4 atom stereocenters. The summed E-state index contributed by atoms with van der Waals surface area (Å²) in [5.74, 6) is 0.0967. The van der Waals surface area contributed by atoms with Crippen LogP contribution in [-0.2, 0) is 28.7 Å². The van der Waals surface area contributed by atoms with Gasteiger partial charge in [0, 0.05) is 63.6 Å². The standard InChI is InChI=1S/C46H61N10O13PS/c1-7-54-31-19-33-29(17-27(31)25(2)21-45(54,3)4)50-30-18-28-26(24-71(64,65)66)22-46(5,6)55(32(28)20-34(30)68-33)16-12-13-36(57)48-14-10-8-9-11-15-49-44-51-37-40(52-43(47)53-41(37)60)56(44)42-39(59)38(58)35(69-42)23-67-70(61,62)63/h17-22,35,38-39,42,50,58-59H,7-16,23-24H2,1-6H3,(H6,47,48,53,57,60,61,62,63,64,65,66)/t35-,38-,39-,42-/m1/s1. The third kappa shape index (κ3) is 11.1. The number of benzene rings is 2. The van der Waals surface area contributed by atoms with Crippen molar-refractivity contribution in [1.29, 1.82) is 0 Å². The Morgan fingerprint density at radius 1 is 1.01 bits per heavy atom. The summed E-state index contributed by atoms with van der Waals surface area (Å²) in [5.41, 5.74) is 8.81. The van der Waals surface area contributed by atoms with E-state index in [0.717, 1.165) is 36.2 Å². The highest BCUT2D eigenvalue weighted by Gasteiger charge is 2.46. The molecule has 4 aliphatic heterocycles. The van der Waals surface area contributed by atoms with Crippen LogP contribution in [0.3, 0.4) is 0 Å². The molecule has 4 aliphatic rings. The quantitative estimate of drug-likeness (QED) is 0.0255. The average Bonchev–Trinajstić information content (AvgIpc) is 3.76. The number of allylic oxidation sites excluding steroid dienone is 1. The van der Waals surface area contributed by atoms with E-state index in [4.69, 9.17) is 30.0 Å². The maximum absolute atomic E-state index is 13.1. The molecule has 8 rings (SSSR count). The number of amides is 1. The smallest absolute Gasteiger partial charge is 0.469 e. The summed E-state index contributed by atoms with van der Waals surface area (Å²) < 4.78 is 68.0. The van der Waals surface area contributed by atoms with Crippen molar-refractivity contribution in [3.8, 4) is 11.5 Å². The summed E-state index contributed by atoms with van der Waals surface area (Å²) in [7, 11) is -9.56. The van der Waals surface area contributed by atoms with Crippen LogP contribution >= 0.6 is 7.82 Å². The Balaban J connectivity index is 0.878. The fraction of sp³-hybridized carbons (Fsp3) is 0.522. The SMILES string of the molecule is CCN1c2cc3c(cc2C(C)=CC1(C)C)N=c1cc2c(cc1O3)=[N+](CCCC(=O)NCCCCCCNc1nc3c(=O)[nH]c(N)nc3n1[C@@H]1O[C@H](COP(=O)(O)O)[C@@H](O)[C@H]1O)C(C)(C)C=C2CS(=O)(=O)[O-]. The highest BCUT2D eigenvalue weighted by atomic mass is 32.2. The number of nitrogens with two attached hydrogens (primary N) is 1. The van der Waals surface area contributed by atoms with Gasteiger partial charge in [-0.1, -0.05) is 18.9 Å². The van der Waals surface area contributed by atoms with Crippen molar-refractivity contribution in [2.45, 2.75) is 116 Å². The van der Waals surface area contributed by atoms with Gasteiger partial charge in [0.25, 0.3) is 5.56 Å². The number of nitrogens with zero attached hydrogens (tertiary/aromatic N) is 6. The van der Waals surface area contributed by atoms with Crippen molar-refractivity contribution in [3.63, 3.8) is 0 Å². The van der Waals surface area contributed by atoms with E-state index in [9.17, 15) is 37.3 Å². The number of aromatic amines is 1. The summed E-state index contributed by atoms with van der Waals surface area (Å²) in [4.78, 5) is 62.2. The molecule has 25 heteroatoms. The molecule has 1 amide bonds. The molecular formula is C46H61N10O13PS. The van der Waals surface area contributed by atoms with Crippen LogP contribution in [0.1, 0.15) is 97.4 Å². The van der Waals surface area contributed by atoms with Gasteiger partial charge in [-0.05, 0) is 69.9 Å². The summed E-state index contributed by atoms with van der Waals surface area (Å²) >= 11 is 0. The molecule has 384 valence electrons. The van der Waals surface area contributed by atoms with Crippen molar-refractivity contribution in [3.05, 3.63) is 68.6 Å². The van der Waals surface area contributed by atoms with Crippen LogP contribution in [0.25, 0.3) is 22.3 Å². The number of nitrogen functional groups attached to an aromatic ring is 1. The van der Waals surface area contributed by atoms with Gasteiger partial charge in [-0.15, -0.1) is 0 Å².